The van der Waals surface area contributed by atoms with Gasteiger partial charge in [0.15, 0.2) is 0 Å². The molecule has 7 heteroatoms. The lowest BCUT2D eigenvalue weighted by molar-refractivity contribution is -0.141. The third-order valence-corrected chi connectivity index (χ3v) is 6.36. The summed E-state index contributed by atoms with van der Waals surface area (Å²) in [7, 11) is 0. The van der Waals surface area contributed by atoms with Crippen molar-refractivity contribution in [1.82, 2.24) is 10.2 Å². The minimum atomic E-state index is -0.524. The van der Waals surface area contributed by atoms with Gasteiger partial charge in [0.1, 0.15) is 6.54 Å². The average Bonchev–Trinajstić information content (AvgIpc) is 2.81. The number of rotatable bonds is 9. The van der Waals surface area contributed by atoms with Crippen molar-refractivity contribution in [3.8, 4) is 0 Å². The van der Waals surface area contributed by atoms with E-state index >= 15 is 0 Å². The first-order valence-corrected chi connectivity index (χ1v) is 12.0. The van der Waals surface area contributed by atoms with Crippen LogP contribution in [-0.4, -0.2) is 41.9 Å². The van der Waals surface area contributed by atoms with E-state index in [1.807, 2.05) is 37.3 Å². The van der Waals surface area contributed by atoms with E-state index in [0.717, 1.165) is 12.8 Å². The maximum Gasteiger partial charge on any atom is 0.336 e. The van der Waals surface area contributed by atoms with Gasteiger partial charge in [-0.1, -0.05) is 60.1 Å². The third-order valence-electron chi connectivity index (χ3n) is 6.02. The van der Waals surface area contributed by atoms with Gasteiger partial charge in [-0.05, 0) is 50.8 Å². The quantitative estimate of drug-likeness (QED) is 0.529. The van der Waals surface area contributed by atoms with E-state index in [-0.39, 0.29) is 37.4 Å². The normalized spacial score (nSPS) is 16.9. The molecule has 0 aliphatic carbocycles. The van der Waals surface area contributed by atoms with Crippen LogP contribution in [0.25, 0.3) is 0 Å². The fourth-order valence-electron chi connectivity index (χ4n) is 4.26. The maximum absolute atomic E-state index is 13.1. The summed E-state index contributed by atoms with van der Waals surface area (Å²) in [5.41, 5.74) is 2.68. The van der Waals surface area contributed by atoms with E-state index in [4.69, 9.17) is 16.3 Å². The Hall–Kier alpha value is -3.12. The van der Waals surface area contributed by atoms with Crippen LogP contribution in [0.3, 0.4) is 0 Å². The number of nitrogens with zero attached hydrogens (tertiary/aromatic N) is 1. The third kappa shape index (κ3) is 6.26. The summed E-state index contributed by atoms with van der Waals surface area (Å²) in [5.74, 6) is -1.53. The van der Waals surface area contributed by atoms with Gasteiger partial charge in [-0.15, -0.1) is 0 Å². The minimum absolute atomic E-state index is 0.0338. The Morgan fingerprint density at radius 1 is 1.15 bits per heavy atom. The van der Waals surface area contributed by atoms with Gasteiger partial charge in [-0.2, -0.15) is 0 Å². The molecule has 0 radical (unpaired) electrons. The summed E-state index contributed by atoms with van der Waals surface area (Å²) in [6.07, 6.45) is 1.66. The first-order chi connectivity index (χ1) is 16.3. The zero-order valence-corrected chi connectivity index (χ0v) is 20.6. The van der Waals surface area contributed by atoms with Crippen LogP contribution < -0.4 is 5.32 Å². The Morgan fingerprint density at radius 3 is 2.50 bits per heavy atom. The predicted octanol–water partition coefficient (Wildman–Crippen LogP) is 4.63. The second-order valence-corrected chi connectivity index (χ2v) is 8.88. The molecule has 0 spiro atoms. The van der Waals surface area contributed by atoms with Gasteiger partial charge in [-0.25, -0.2) is 4.79 Å². The first kappa shape index (κ1) is 25.5. The highest BCUT2D eigenvalue weighted by atomic mass is 35.5. The number of hydrogen-bond donors (Lipinski definition) is 1. The lowest BCUT2D eigenvalue weighted by Gasteiger charge is -2.34. The van der Waals surface area contributed by atoms with Crippen molar-refractivity contribution in [1.29, 1.82) is 0 Å². The number of benzene rings is 2. The molecule has 2 unspecified atom stereocenters. The van der Waals surface area contributed by atoms with Crippen LogP contribution >= 0.6 is 11.6 Å². The van der Waals surface area contributed by atoms with E-state index in [1.165, 1.54) is 10.5 Å². The lowest BCUT2D eigenvalue weighted by Crippen LogP contribution is -2.46. The second kappa shape index (κ2) is 11.8. The second-order valence-electron chi connectivity index (χ2n) is 8.47. The molecule has 1 heterocycles. The van der Waals surface area contributed by atoms with Crippen LogP contribution in [0.1, 0.15) is 50.7 Å². The Kier molecular flexibility index (Phi) is 8.88. The summed E-state index contributed by atoms with van der Waals surface area (Å²) < 4.78 is 5.29. The number of carbonyl (C=O) groups excluding carboxylic acids is 3. The molecule has 0 saturated carbocycles. The van der Waals surface area contributed by atoms with E-state index in [9.17, 15) is 14.4 Å². The number of amides is 2. The van der Waals surface area contributed by atoms with Crippen LogP contribution in [0.5, 0.6) is 0 Å². The molecule has 2 amide bonds. The van der Waals surface area contributed by atoms with E-state index in [0.29, 0.717) is 21.9 Å². The van der Waals surface area contributed by atoms with Crippen LogP contribution in [0.2, 0.25) is 5.02 Å². The van der Waals surface area contributed by atoms with E-state index in [2.05, 4.69) is 17.4 Å². The van der Waals surface area contributed by atoms with Crippen molar-refractivity contribution in [2.45, 2.75) is 52.0 Å². The summed E-state index contributed by atoms with van der Waals surface area (Å²) in [5, 5.41) is 3.45. The Morgan fingerprint density at radius 2 is 1.82 bits per heavy atom. The number of allylic oxidation sites excluding steroid dienone is 1. The zero-order valence-electron chi connectivity index (χ0n) is 19.8. The highest BCUT2D eigenvalue weighted by Gasteiger charge is 2.38. The molecule has 2 atom stereocenters. The first-order valence-electron chi connectivity index (χ1n) is 11.6. The Bertz CT molecular complexity index is 1070. The van der Waals surface area contributed by atoms with Gasteiger partial charge in [0.2, 0.25) is 11.8 Å². The van der Waals surface area contributed by atoms with Crippen LogP contribution in [0.15, 0.2) is 65.9 Å². The molecule has 34 heavy (non-hydrogen) atoms. The highest BCUT2D eigenvalue weighted by Crippen LogP contribution is 2.39. The van der Waals surface area contributed by atoms with Gasteiger partial charge < -0.3 is 15.0 Å². The summed E-state index contributed by atoms with van der Waals surface area (Å²) in [6.45, 7) is 5.41. The maximum atomic E-state index is 13.1. The van der Waals surface area contributed by atoms with Crippen molar-refractivity contribution < 1.29 is 19.1 Å². The molecule has 1 aliphatic rings. The molecule has 0 saturated heterocycles. The standard InChI is InChI=1S/C27H31ClN2O4/c1-4-34-27(33)26-19(3)30(25(32)16-22(26)21-12-8-9-13-23(21)28)17-24(31)29-18(2)14-15-20-10-6-5-7-11-20/h5-13,18,22H,4,14-17H2,1-3H3,(H,29,31). The van der Waals surface area contributed by atoms with Crippen molar-refractivity contribution in [2.75, 3.05) is 13.2 Å². The Labute approximate surface area is 205 Å². The monoisotopic (exact) mass is 482 g/mol. The molecular weight excluding hydrogens is 452 g/mol. The molecule has 2 aromatic rings. The summed E-state index contributed by atoms with van der Waals surface area (Å²) in [6, 6.07) is 17.2. The SMILES string of the molecule is CCOC(=O)C1=C(C)N(CC(=O)NC(C)CCc2ccccc2)C(=O)CC1c1ccccc1Cl. The predicted molar refractivity (Wildman–Crippen MR) is 132 cm³/mol. The van der Waals surface area contributed by atoms with Crippen molar-refractivity contribution in [3.05, 3.63) is 82.0 Å². The van der Waals surface area contributed by atoms with Crippen molar-refractivity contribution in [2.24, 2.45) is 0 Å². The van der Waals surface area contributed by atoms with Crippen molar-refractivity contribution >= 4 is 29.4 Å². The lowest BCUT2D eigenvalue weighted by atomic mass is 9.83. The fourth-order valence-corrected chi connectivity index (χ4v) is 4.53. The molecule has 1 aliphatic heterocycles. The largest absolute Gasteiger partial charge is 0.463 e. The molecule has 0 aromatic heterocycles. The number of carbonyl (C=O) groups is 3. The zero-order chi connectivity index (χ0) is 24.7. The topological polar surface area (TPSA) is 75.7 Å². The fraction of sp³-hybridized carbons (Fsp3) is 0.370. The van der Waals surface area contributed by atoms with E-state index in [1.54, 1.807) is 26.0 Å². The molecule has 0 bridgehead atoms. The molecule has 0 fully saturated rings. The minimum Gasteiger partial charge on any atom is -0.463 e. The molecular formula is C27H31ClN2O4. The highest BCUT2D eigenvalue weighted by molar-refractivity contribution is 6.31. The number of esters is 1. The van der Waals surface area contributed by atoms with Gasteiger partial charge in [0.25, 0.3) is 0 Å². The smallest absolute Gasteiger partial charge is 0.336 e. The number of hydrogen-bond acceptors (Lipinski definition) is 4. The Balaban J connectivity index is 1.75. The molecule has 2 aromatic carbocycles. The summed E-state index contributed by atoms with van der Waals surface area (Å²) >= 11 is 6.39. The van der Waals surface area contributed by atoms with Crippen molar-refractivity contribution in [3.63, 3.8) is 0 Å². The number of aryl methyl sites for hydroxylation is 1. The van der Waals surface area contributed by atoms with Gasteiger partial charge in [0.05, 0.1) is 12.2 Å². The number of nitrogens with one attached hydrogen (secondary N) is 1. The van der Waals surface area contributed by atoms with E-state index < -0.39 is 11.9 Å². The molecule has 3 rings (SSSR count). The van der Waals surface area contributed by atoms with Crippen LogP contribution in [0.4, 0.5) is 0 Å². The van der Waals surface area contributed by atoms with Crippen LogP contribution in [-0.2, 0) is 25.5 Å². The number of ether oxygens (including phenoxy) is 1. The van der Waals surface area contributed by atoms with Gasteiger partial charge >= 0.3 is 5.97 Å². The molecule has 180 valence electrons. The van der Waals surface area contributed by atoms with Gasteiger partial charge in [0, 0.05) is 29.1 Å². The number of halogens is 1. The average molecular weight is 483 g/mol. The van der Waals surface area contributed by atoms with Gasteiger partial charge in [-0.3, -0.25) is 9.59 Å². The molecule has 1 N–H and O–H groups in total. The van der Waals surface area contributed by atoms with Crippen LogP contribution in [0, 0.1) is 0 Å². The summed E-state index contributed by atoms with van der Waals surface area (Å²) in [4.78, 5) is 40.1. The molecule has 6 nitrogen and oxygen atoms in total.